The molecule has 0 aromatic heterocycles. The SMILES string of the molecule is CC(C)(C)C1=C(c2ccc3ccccc3c2C=O)CC=C1.CC(C)(C)C1=CCC(c2ccc3ccccc3c2C=O)=C1. The van der Waals surface area contributed by atoms with E-state index in [4.69, 9.17) is 0 Å². The van der Waals surface area contributed by atoms with Crippen LogP contribution in [-0.4, -0.2) is 12.6 Å². The van der Waals surface area contributed by atoms with E-state index in [9.17, 15) is 9.59 Å². The van der Waals surface area contributed by atoms with Gasteiger partial charge in [-0.25, -0.2) is 0 Å². The quantitative estimate of drug-likeness (QED) is 0.236. The Morgan fingerprint density at radius 1 is 0.619 bits per heavy atom. The molecule has 2 aliphatic rings. The molecule has 0 saturated heterocycles. The molecule has 6 rings (SSSR count). The summed E-state index contributed by atoms with van der Waals surface area (Å²) in [6.45, 7) is 13.3. The van der Waals surface area contributed by atoms with Crippen LogP contribution in [-0.2, 0) is 0 Å². The first-order chi connectivity index (χ1) is 20.0. The molecule has 42 heavy (non-hydrogen) atoms. The molecule has 0 bridgehead atoms. The first kappa shape index (κ1) is 29.2. The van der Waals surface area contributed by atoms with Crippen LogP contribution in [0.5, 0.6) is 0 Å². The summed E-state index contributed by atoms with van der Waals surface area (Å²) in [5.74, 6) is 0. The highest BCUT2D eigenvalue weighted by atomic mass is 16.1. The van der Waals surface area contributed by atoms with Crippen LogP contribution >= 0.6 is 0 Å². The lowest BCUT2D eigenvalue weighted by Gasteiger charge is -2.23. The van der Waals surface area contributed by atoms with Gasteiger partial charge in [0.1, 0.15) is 0 Å². The van der Waals surface area contributed by atoms with E-state index in [0.717, 1.165) is 69.2 Å². The number of allylic oxidation sites excluding steroid dienone is 8. The Kier molecular flexibility index (Phi) is 8.01. The number of carbonyl (C=O) groups is 2. The summed E-state index contributed by atoms with van der Waals surface area (Å²) in [5, 5.41) is 4.31. The molecule has 0 saturated carbocycles. The summed E-state index contributed by atoms with van der Waals surface area (Å²) in [5.41, 5.74) is 9.23. The van der Waals surface area contributed by atoms with E-state index in [1.54, 1.807) is 0 Å². The fourth-order valence-electron chi connectivity index (χ4n) is 6.09. The number of aldehydes is 2. The van der Waals surface area contributed by atoms with Crippen molar-refractivity contribution in [3.8, 4) is 0 Å². The van der Waals surface area contributed by atoms with Gasteiger partial charge in [-0.15, -0.1) is 0 Å². The second kappa shape index (κ2) is 11.5. The number of carbonyl (C=O) groups excluding carboxylic acids is 2. The minimum absolute atomic E-state index is 0.0914. The molecule has 0 radical (unpaired) electrons. The fraction of sp³-hybridized carbons (Fsp3) is 0.250. The first-order valence-corrected chi connectivity index (χ1v) is 14.8. The average Bonchev–Trinajstić information content (AvgIpc) is 3.67. The van der Waals surface area contributed by atoms with Gasteiger partial charge in [0.25, 0.3) is 0 Å². The number of fused-ring (bicyclic) bond motifs is 2. The summed E-state index contributed by atoms with van der Waals surface area (Å²) in [6.07, 6.45) is 12.7. The molecule has 2 nitrogen and oxygen atoms in total. The lowest BCUT2D eigenvalue weighted by Crippen LogP contribution is -2.09. The zero-order valence-corrected chi connectivity index (χ0v) is 25.6. The van der Waals surface area contributed by atoms with Crippen molar-refractivity contribution in [1.82, 2.24) is 0 Å². The predicted molar refractivity (Wildman–Crippen MR) is 179 cm³/mol. The Morgan fingerprint density at radius 3 is 1.69 bits per heavy atom. The maximum atomic E-state index is 11.7. The van der Waals surface area contributed by atoms with E-state index >= 15 is 0 Å². The van der Waals surface area contributed by atoms with Gasteiger partial charge in [-0.2, -0.15) is 0 Å². The molecule has 0 amide bonds. The largest absolute Gasteiger partial charge is 0.298 e. The lowest BCUT2D eigenvalue weighted by atomic mass is 9.82. The van der Waals surface area contributed by atoms with Gasteiger partial charge < -0.3 is 0 Å². The van der Waals surface area contributed by atoms with E-state index in [2.05, 4.69) is 96.2 Å². The van der Waals surface area contributed by atoms with E-state index in [-0.39, 0.29) is 10.8 Å². The van der Waals surface area contributed by atoms with E-state index in [1.165, 1.54) is 22.3 Å². The molecule has 0 fully saturated rings. The molecule has 212 valence electrons. The van der Waals surface area contributed by atoms with Gasteiger partial charge in [-0.1, -0.05) is 139 Å². The smallest absolute Gasteiger partial charge is 0.151 e. The Balaban J connectivity index is 0.000000168. The second-order valence-electron chi connectivity index (χ2n) is 13.3. The van der Waals surface area contributed by atoms with Crippen LogP contribution in [0.3, 0.4) is 0 Å². The van der Waals surface area contributed by atoms with Crippen LogP contribution in [0.2, 0.25) is 0 Å². The summed E-state index contributed by atoms with van der Waals surface area (Å²) >= 11 is 0. The number of hydrogen-bond donors (Lipinski definition) is 0. The molecular weight excluding hydrogens is 512 g/mol. The van der Waals surface area contributed by atoms with Gasteiger partial charge in [0.15, 0.2) is 12.6 Å². The van der Waals surface area contributed by atoms with E-state index in [1.807, 2.05) is 42.5 Å². The highest BCUT2D eigenvalue weighted by molar-refractivity contribution is 6.04. The second-order valence-corrected chi connectivity index (χ2v) is 13.3. The molecule has 2 aliphatic carbocycles. The minimum atomic E-state index is 0.0914. The topological polar surface area (TPSA) is 34.1 Å². The summed E-state index contributed by atoms with van der Waals surface area (Å²) < 4.78 is 0. The fourth-order valence-corrected chi connectivity index (χ4v) is 6.09. The molecule has 0 atom stereocenters. The van der Waals surface area contributed by atoms with Crippen LogP contribution in [0.15, 0.2) is 108 Å². The third-order valence-electron chi connectivity index (χ3n) is 8.33. The first-order valence-electron chi connectivity index (χ1n) is 14.8. The Bertz CT molecular complexity index is 1810. The molecule has 0 spiro atoms. The third kappa shape index (κ3) is 5.72. The summed E-state index contributed by atoms with van der Waals surface area (Å²) in [6, 6.07) is 24.5. The molecule has 4 aromatic carbocycles. The minimum Gasteiger partial charge on any atom is -0.298 e. The van der Waals surface area contributed by atoms with Gasteiger partial charge in [-0.05, 0) is 78.6 Å². The van der Waals surface area contributed by atoms with E-state index < -0.39 is 0 Å². The van der Waals surface area contributed by atoms with Crippen LogP contribution < -0.4 is 0 Å². The van der Waals surface area contributed by atoms with Crippen molar-refractivity contribution in [2.45, 2.75) is 54.4 Å². The van der Waals surface area contributed by atoms with Gasteiger partial charge in [0.2, 0.25) is 0 Å². The normalized spacial score (nSPS) is 15.0. The molecular formula is C40H40O2. The van der Waals surface area contributed by atoms with Crippen molar-refractivity contribution in [3.05, 3.63) is 131 Å². The molecule has 0 N–H and O–H groups in total. The standard InChI is InChI=1S/2C20H20O/c1-20(2,3)19-10-6-9-17(19)16-12-11-14-7-4-5-8-15(14)18(16)13-21;1-20(2,3)16-10-8-15(12-16)18-11-9-14-6-4-5-7-17(14)19(18)13-21/h4-8,10-13H,9H2,1-3H3;4-7,9-13H,8H2,1-3H3. The van der Waals surface area contributed by atoms with Gasteiger partial charge in [-0.3, -0.25) is 9.59 Å². The predicted octanol–water partition coefficient (Wildman–Crippen LogP) is 10.8. The molecule has 0 unspecified atom stereocenters. The zero-order valence-electron chi connectivity index (χ0n) is 25.6. The highest BCUT2D eigenvalue weighted by Crippen LogP contribution is 2.41. The van der Waals surface area contributed by atoms with Crippen molar-refractivity contribution >= 4 is 45.3 Å². The maximum absolute atomic E-state index is 11.7. The molecule has 4 aromatic rings. The molecule has 0 aliphatic heterocycles. The third-order valence-corrected chi connectivity index (χ3v) is 8.33. The summed E-state index contributed by atoms with van der Waals surface area (Å²) in [7, 11) is 0. The van der Waals surface area contributed by atoms with Crippen LogP contribution in [0.25, 0.3) is 32.7 Å². The number of rotatable bonds is 4. The van der Waals surface area contributed by atoms with Crippen molar-refractivity contribution in [2.24, 2.45) is 10.8 Å². The van der Waals surface area contributed by atoms with E-state index in [0.29, 0.717) is 0 Å². The van der Waals surface area contributed by atoms with Crippen LogP contribution in [0, 0.1) is 10.8 Å². The van der Waals surface area contributed by atoms with Gasteiger partial charge in [0.05, 0.1) is 0 Å². The number of benzene rings is 4. The lowest BCUT2D eigenvalue weighted by molar-refractivity contribution is 0.111. The van der Waals surface area contributed by atoms with Gasteiger partial charge >= 0.3 is 0 Å². The highest BCUT2D eigenvalue weighted by Gasteiger charge is 2.24. The van der Waals surface area contributed by atoms with Crippen molar-refractivity contribution in [3.63, 3.8) is 0 Å². The maximum Gasteiger partial charge on any atom is 0.151 e. The van der Waals surface area contributed by atoms with Crippen LogP contribution in [0.1, 0.15) is 86.2 Å². The number of hydrogen-bond acceptors (Lipinski definition) is 2. The molecule has 2 heteroatoms. The Hall–Kier alpha value is -4.30. The van der Waals surface area contributed by atoms with Gasteiger partial charge in [0, 0.05) is 11.1 Å². The monoisotopic (exact) mass is 552 g/mol. The zero-order chi connectivity index (χ0) is 30.1. The van der Waals surface area contributed by atoms with Crippen molar-refractivity contribution < 1.29 is 9.59 Å². The van der Waals surface area contributed by atoms with Crippen molar-refractivity contribution in [1.29, 1.82) is 0 Å². The van der Waals surface area contributed by atoms with Crippen molar-refractivity contribution in [2.75, 3.05) is 0 Å². The Labute approximate surface area is 250 Å². The Morgan fingerprint density at radius 2 is 1.17 bits per heavy atom. The molecule has 0 heterocycles. The van der Waals surface area contributed by atoms with Crippen LogP contribution in [0.4, 0.5) is 0 Å². The summed E-state index contributed by atoms with van der Waals surface area (Å²) in [4.78, 5) is 23.3. The average molecular weight is 553 g/mol.